The van der Waals surface area contributed by atoms with E-state index >= 15 is 0 Å². The second-order valence-electron chi connectivity index (χ2n) is 10.3. The Bertz CT molecular complexity index is 1420. The Morgan fingerprint density at radius 3 is 2.15 bits per heavy atom. The van der Waals surface area contributed by atoms with Crippen molar-refractivity contribution in [2.75, 3.05) is 17.5 Å². The second kappa shape index (κ2) is 14.2. The summed E-state index contributed by atoms with van der Waals surface area (Å²) in [4.78, 5) is 28.7. The average Bonchev–Trinajstić information content (AvgIpc) is 2.95. The third-order valence-electron chi connectivity index (χ3n) is 6.93. The first-order valence-electron chi connectivity index (χ1n) is 13.9. The molecule has 3 rings (SSSR count). The number of anilines is 1. The van der Waals surface area contributed by atoms with Gasteiger partial charge in [0, 0.05) is 12.6 Å². The molecule has 2 amide bonds. The Kier molecular flexibility index (Phi) is 10.9. The van der Waals surface area contributed by atoms with Gasteiger partial charge in [0.1, 0.15) is 18.3 Å². The van der Waals surface area contributed by atoms with E-state index in [4.69, 9.17) is 4.74 Å². The van der Waals surface area contributed by atoms with Crippen LogP contribution in [0.15, 0.2) is 77.7 Å². The summed E-state index contributed by atoms with van der Waals surface area (Å²) < 4.78 is 34.5. The fraction of sp³-hybridized carbons (Fsp3) is 0.375. The molecule has 0 bridgehead atoms. The normalized spacial score (nSPS) is 12.7. The highest BCUT2D eigenvalue weighted by Crippen LogP contribution is 2.27. The molecule has 0 saturated heterocycles. The van der Waals surface area contributed by atoms with Crippen LogP contribution in [0.2, 0.25) is 0 Å². The molecule has 0 heterocycles. The average molecular weight is 580 g/mol. The number of nitrogens with one attached hydrogen (secondary N) is 1. The molecule has 8 nitrogen and oxygen atoms in total. The summed E-state index contributed by atoms with van der Waals surface area (Å²) in [6.07, 6.45) is 0.741. The van der Waals surface area contributed by atoms with Gasteiger partial charge in [-0.2, -0.15) is 0 Å². The highest BCUT2D eigenvalue weighted by molar-refractivity contribution is 7.92. The molecule has 1 N–H and O–H groups in total. The Morgan fingerprint density at radius 2 is 1.56 bits per heavy atom. The standard InChI is InChI=1S/C32H41N3O5S/c1-7-25(5)33-32(37)26(6)34(21-27-11-9-10-24(4)20-27)31(36)22-35(28-14-16-29(17-15-28)40-8-2)41(38,39)30-18-12-23(3)13-19-30/h9-20,25-26H,7-8,21-22H2,1-6H3,(H,33,37)/t25-,26-/m1/s1. The summed E-state index contributed by atoms with van der Waals surface area (Å²) in [5.74, 6) is -0.205. The van der Waals surface area contributed by atoms with E-state index < -0.39 is 28.5 Å². The molecule has 3 aromatic rings. The lowest BCUT2D eigenvalue weighted by Crippen LogP contribution is -2.52. The summed E-state index contributed by atoms with van der Waals surface area (Å²) in [6, 6.07) is 19.9. The number of ether oxygens (including phenoxy) is 1. The fourth-order valence-electron chi connectivity index (χ4n) is 4.30. The van der Waals surface area contributed by atoms with Crippen molar-refractivity contribution >= 4 is 27.5 Å². The number of amides is 2. The molecular weight excluding hydrogens is 538 g/mol. The van der Waals surface area contributed by atoms with Crippen LogP contribution in [0, 0.1) is 13.8 Å². The number of benzene rings is 3. The molecule has 0 aliphatic carbocycles. The second-order valence-corrected chi connectivity index (χ2v) is 12.1. The van der Waals surface area contributed by atoms with Crippen molar-refractivity contribution < 1.29 is 22.7 Å². The number of rotatable bonds is 13. The van der Waals surface area contributed by atoms with Gasteiger partial charge >= 0.3 is 0 Å². The first-order valence-corrected chi connectivity index (χ1v) is 15.4. The minimum absolute atomic E-state index is 0.0665. The molecule has 2 atom stereocenters. The highest BCUT2D eigenvalue weighted by atomic mass is 32.2. The zero-order chi connectivity index (χ0) is 30.2. The summed E-state index contributed by atoms with van der Waals surface area (Å²) in [5.41, 5.74) is 3.09. The van der Waals surface area contributed by atoms with Gasteiger partial charge in [0.15, 0.2) is 0 Å². The minimum Gasteiger partial charge on any atom is -0.494 e. The monoisotopic (exact) mass is 579 g/mol. The fourth-order valence-corrected chi connectivity index (χ4v) is 5.71. The summed E-state index contributed by atoms with van der Waals surface area (Å²) >= 11 is 0. The third-order valence-corrected chi connectivity index (χ3v) is 8.72. The lowest BCUT2D eigenvalue weighted by Gasteiger charge is -2.32. The van der Waals surface area contributed by atoms with Crippen LogP contribution in [0.1, 0.15) is 50.8 Å². The number of hydrogen-bond donors (Lipinski definition) is 1. The summed E-state index contributed by atoms with van der Waals surface area (Å²) in [5, 5.41) is 2.95. The van der Waals surface area contributed by atoms with E-state index in [9.17, 15) is 18.0 Å². The molecule has 0 fully saturated rings. The Hall–Kier alpha value is -3.85. The largest absolute Gasteiger partial charge is 0.494 e. The molecule has 9 heteroatoms. The van der Waals surface area contributed by atoms with Crippen LogP contribution >= 0.6 is 0 Å². The number of carbonyl (C=O) groups is 2. The molecular formula is C32H41N3O5S. The van der Waals surface area contributed by atoms with Crippen LogP contribution in [0.3, 0.4) is 0 Å². The Morgan fingerprint density at radius 1 is 0.902 bits per heavy atom. The van der Waals surface area contributed by atoms with E-state index in [0.29, 0.717) is 18.0 Å². The topological polar surface area (TPSA) is 96.0 Å². The highest BCUT2D eigenvalue weighted by Gasteiger charge is 2.32. The number of carbonyl (C=O) groups excluding carboxylic acids is 2. The maximum atomic E-state index is 14.0. The van der Waals surface area contributed by atoms with Crippen molar-refractivity contribution in [1.82, 2.24) is 10.2 Å². The smallest absolute Gasteiger partial charge is 0.264 e. The summed E-state index contributed by atoms with van der Waals surface area (Å²) in [6.45, 7) is 11.4. The predicted molar refractivity (Wildman–Crippen MR) is 162 cm³/mol. The molecule has 0 unspecified atom stereocenters. The van der Waals surface area contributed by atoms with E-state index in [1.165, 1.54) is 17.0 Å². The van der Waals surface area contributed by atoms with E-state index in [-0.39, 0.29) is 23.4 Å². The van der Waals surface area contributed by atoms with E-state index in [1.807, 2.05) is 58.9 Å². The van der Waals surface area contributed by atoms with Crippen LogP contribution in [-0.2, 0) is 26.2 Å². The van der Waals surface area contributed by atoms with Crippen molar-refractivity contribution in [3.63, 3.8) is 0 Å². The SMILES string of the molecule is CCOc1ccc(N(CC(=O)N(Cc2cccc(C)c2)[C@H](C)C(=O)N[C@H](C)CC)S(=O)(=O)c2ccc(C)cc2)cc1. The van der Waals surface area contributed by atoms with Crippen LogP contribution in [-0.4, -0.2) is 50.4 Å². The van der Waals surface area contributed by atoms with Gasteiger partial charge < -0.3 is 15.0 Å². The Balaban J connectivity index is 2.03. The molecule has 41 heavy (non-hydrogen) atoms. The molecule has 0 aliphatic heterocycles. The number of aryl methyl sites for hydroxylation is 2. The quantitative estimate of drug-likeness (QED) is 0.299. The van der Waals surface area contributed by atoms with Gasteiger partial charge in [-0.3, -0.25) is 13.9 Å². The maximum Gasteiger partial charge on any atom is 0.264 e. The van der Waals surface area contributed by atoms with Gasteiger partial charge in [-0.25, -0.2) is 8.42 Å². The predicted octanol–water partition coefficient (Wildman–Crippen LogP) is 5.23. The van der Waals surface area contributed by atoms with Gasteiger partial charge in [-0.1, -0.05) is 54.4 Å². The molecule has 0 radical (unpaired) electrons. The molecule has 0 saturated carbocycles. The third kappa shape index (κ3) is 8.33. The van der Waals surface area contributed by atoms with Crippen molar-refractivity contribution in [2.45, 2.75) is 71.5 Å². The molecule has 220 valence electrons. The first kappa shape index (κ1) is 31.7. The zero-order valence-electron chi connectivity index (χ0n) is 24.8. The number of nitrogens with zero attached hydrogens (tertiary/aromatic N) is 2. The van der Waals surface area contributed by atoms with Crippen molar-refractivity contribution in [2.24, 2.45) is 0 Å². The number of sulfonamides is 1. The zero-order valence-corrected chi connectivity index (χ0v) is 25.6. The van der Waals surface area contributed by atoms with E-state index in [0.717, 1.165) is 27.4 Å². The Labute approximate surface area is 244 Å². The van der Waals surface area contributed by atoms with Crippen molar-refractivity contribution in [1.29, 1.82) is 0 Å². The van der Waals surface area contributed by atoms with Crippen LogP contribution in [0.25, 0.3) is 0 Å². The van der Waals surface area contributed by atoms with Crippen LogP contribution in [0.5, 0.6) is 5.75 Å². The van der Waals surface area contributed by atoms with Gasteiger partial charge in [-0.05, 0) is 83.0 Å². The van der Waals surface area contributed by atoms with Crippen LogP contribution in [0.4, 0.5) is 5.69 Å². The lowest BCUT2D eigenvalue weighted by molar-refractivity contribution is -0.139. The van der Waals surface area contributed by atoms with E-state index in [2.05, 4.69) is 5.32 Å². The van der Waals surface area contributed by atoms with Gasteiger partial charge in [0.05, 0.1) is 17.2 Å². The minimum atomic E-state index is -4.13. The van der Waals surface area contributed by atoms with Gasteiger partial charge in [-0.15, -0.1) is 0 Å². The summed E-state index contributed by atoms with van der Waals surface area (Å²) in [7, 11) is -4.13. The van der Waals surface area contributed by atoms with Crippen LogP contribution < -0.4 is 14.4 Å². The molecule has 0 spiro atoms. The van der Waals surface area contributed by atoms with Gasteiger partial charge in [0.25, 0.3) is 10.0 Å². The number of hydrogen-bond acceptors (Lipinski definition) is 5. The van der Waals surface area contributed by atoms with Gasteiger partial charge in [0.2, 0.25) is 11.8 Å². The van der Waals surface area contributed by atoms with Crippen molar-refractivity contribution in [3.8, 4) is 5.75 Å². The molecule has 0 aliphatic rings. The first-order chi connectivity index (χ1) is 19.5. The van der Waals surface area contributed by atoms with E-state index in [1.54, 1.807) is 43.3 Å². The maximum absolute atomic E-state index is 14.0. The lowest BCUT2D eigenvalue weighted by atomic mass is 10.1. The molecule has 3 aromatic carbocycles. The molecule has 0 aromatic heterocycles. The van der Waals surface area contributed by atoms with Crippen molar-refractivity contribution in [3.05, 3.63) is 89.5 Å².